The van der Waals surface area contributed by atoms with E-state index in [1.54, 1.807) is 0 Å². The van der Waals surface area contributed by atoms with Crippen LogP contribution in [-0.4, -0.2) is 43.2 Å². The maximum atomic E-state index is 11.7. The lowest BCUT2D eigenvalue weighted by Gasteiger charge is -2.26. The van der Waals surface area contributed by atoms with Gasteiger partial charge in [-0.1, -0.05) is 12.1 Å². The lowest BCUT2D eigenvalue weighted by Crippen LogP contribution is -2.48. The van der Waals surface area contributed by atoms with Gasteiger partial charge in [-0.2, -0.15) is 0 Å². The van der Waals surface area contributed by atoms with Gasteiger partial charge in [-0.25, -0.2) is 4.98 Å². The van der Waals surface area contributed by atoms with Crippen molar-refractivity contribution in [3.8, 4) is 0 Å². The molecule has 1 aromatic carbocycles. The van der Waals surface area contributed by atoms with Crippen LogP contribution < -0.4 is 10.6 Å². The van der Waals surface area contributed by atoms with Gasteiger partial charge in [0.2, 0.25) is 5.91 Å². The van der Waals surface area contributed by atoms with Crippen LogP contribution in [0.1, 0.15) is 17.9 Å². The SMILES string of the molecule is Cc1cccc2oc(CCNC(=O)CCOC3CNC3)nc12. The van der Waals surface area contributed by atoms with E-state index in [4.69, 9.17) is 9.15 Å². The number of aromatic nitrogens is 1. The number of oxazole rings is 1. The fourth-order valence-electron chi connectivity index (χ4n) is 2.33. The monoisotopic (exact) mass is 303 g/mol. The van der Waals surface area contributed by atoms with Gasteiger partial charge in [0.1, 0.15) is 5.52 Å². The Bertz CT molecular complexity index is 649. The first-order chi connectivity index (χ1) is 10.7. The first-order valence-electron chi connectivity index (χ1n) is 7.66. The van der Waals surface area contributed by atoms with Gasteiger partial charge in [-0.3, -0.25) is 4.79 Å². The van der Waals surface area contributed by atoms with Crippen molar-refractivity contribution in [2.45, 2.75) is 25.9 Å². The minimum atomic E-state index is -0.000394. The summed E-state index contributed by atoms with van der Waals surface area (Å²) in [6.45, 7) is 4.78. The van der Waals surface area contributed by atoms with Gasteiger partial charge < -0.3 is 19.8 Å². The molecule has 1 aliphatic rings. The first kappa shape index (κ1) is 15.0. The average molecular weight is 303 g/mol. The van der Waals surface area contributed by atoms with Crippen LogP contribution in [0, 0.1) is 6.92 Å². The second-order valence-corrected chi connectivity index (χ2v) is 5.53. The number of ether oxygens (including phenoxy) is 1. The Morgan fingerprint density at radius 1 is 1.50 bits per heavy atom. The molecule has 1 aromatic heterocycles. The molecule has 2 heterocycles. The van der Waals surface area contributed by atoms with Crippen LogP contribution in [0.4, 0.5) is 0 Å². The number of nitrogens with zero attached hydrogens (tertiary/aromatic N) is 1. The maximum Gasteiger partial charge on any atom is 0.222 e. The highest BCUT2D eigenvalue weighted by atomic mass is 16.5. The van der Waals surface area contributed by atoms with E-state index in [1.807, 2.05) is 25.1 Å². The first-order valence-corrected chi connectivity index (χ1v) is 7.66. The number of rotatable bonds is 7. The van der Waals surface area contributed by atoms with E-state index >= 15 is 0 Å². The highest BCUT2D eigenvalue weighted by molar-refractivity contribution is 5.76. The van der Waals surface area contributed by atoms with E-state index < -0.39 is 0 Å². The largest absolute Gasteiger partial charge is 0.441 e. The van der Waals surface area contributed by atoms with Gasteiger partial charge in [0.15, 0.2) is 11.5 Å². The lowest BCUT2D eigenvalue weighted by molar-refractivity contribution is -0.122. The van der Waals surface area contributed by atoms with Crippen molar-refractivity contribution in [3.63, 3.8) is 0 Å². The Labute approximate surface area is 129 Å². The van der Waals surface area contributed by atoms with Gasteiger partial charge in [-0.05, 0) is 18.6 Å². The average Bonchev–Trinajstić information content (AvgIpc) is 2.86. The number of carbonyl (C=O) groups excluding carboxylic acids is 1. The zero-order chi connectivity index (χ0) is 15.4. The molecule has 0 aliphatic carbocycles. The molecule has 0 saturated carbocycles. The van der Waals surface area contributed by atoms with Gasteiger partial charge in [0, 0.05) is 32.5 Å². The number of aryl methyl sites for hydroxylation is 1. The summed E-state index contributed by atoms with van der Waals surface area (Å²) in [6, 6.07) is 5.87. The normalized spacial score (nSPS) is 15.0. The van der Waals surface area contributed by atoms with E-state index in [-0.39, 0.29) is 12.0 Å². The summed E-state index contributed by atoms with van der Waals surface area (Å²) in [6.07, 6.45) is 1.26. The number of benzene rings is 1. The highest BCUT2D eigenvalue weighted by Gasteiger charge is 2.17. The van der Waals surface area contributed by atoms with Crippen LogP contribution in [0.25, 0.3) is 11.1 Å². The highest BCUT2D eigenvalue weighted by Crippen LogP contribution is 2.18. The van der Waals surface area contributed by atoms with Crippen LogP contribution in [-0.2, 0) is 16.0 Å². The number of nitrogens with one attached hydrogen (secondary N) is 2. The molecule has 118 valence electrons. The van der Waals surface area contributed by atoms with Crippen LogP contribution in [0.15, 0.2) is 22.6 Å². The molecule has 22 heavy (non-hydrogen) atoms. The smallest absolute Gasteiger partial charge is 0.222 e. The molecule has 6 heteroatoms. The summed E-state index contributed by atoms with van der Waals surface area (Å²) in [5.74, 6) is 0.654. The Kier molecular flexibility index (Phi) is 4.70. The molecular weight excluding hydrogens is 282 g/mol. The van der Waals surface area contributed by atoms with Crippen molar-refractivity contribution in [3.05, 3.63) is 29.7 Å². The van der Waals surface area contributed by atoms with Gasteiger partial charge in [-0.15, -0.1) is 0 Å². The number of hydrogen-bond acceptors (Lipinski definition) is 5. The van der Waals surface area contributed by atoms with Gasteiger partial charge in [0.25, 0.3) is 0 Å². The van der Waals surface area contributed by atoms with E-state index in [1.165, 1.54) is 0 Å². The molecule has 1 amide bonds. The standard InChI is InChI=1S/C16H21N3O3/c1-11-3-2-4-13-16(11)19-15(22-13)5-7-18-14(20)6-8-21-12-9-17-10-12/h2-4,12,17H,5-10H2,1H3,(H,18,20). The van der Waals surface area contributed by atoms with Crippen LogP contribution >= 0.6 is 0 Å². The number of fused-ring (bicyclic) bond motifs is 1. The predicted molar refractivity (Wildman–Crippen MR) is 82.7 cm³/mol. The molecule has 0 radical (unpaired) electrons. The van der Waals surface area contributed by atoms with E-state index in [9.17, 15) is 4.79 Å². The molecule has 1 saturated heterocycles. The number of amides is 1. The van der Waals surface area contributed by atoms with Crippen molar-refractivity contribution in [1.82, 2.24) is 15.6 Å². The molecule has 0 atom stereocenters. The molecule has 2 N–H and O–H groups in total. The topological polar surface area (TPSA) is 76.4 Å². The third-order valence-corrected chi connectivity index (χ3v) is 3.75. The van der Waals surface area contributed by atoms with Crippen LogP contribution in [0.5, 0.6) is 0 Å². The molecule has 2 aromatic rings. The summed E-state index contributed by atoms with van der Waals surface area (Å²) in [5.41, 5.74) is 2.79. The fourth-order valence-corrected chi connectivity index (χ4v) is 2.33. The lowest BCUT2D eigenvalue weighted by atomic mass is 10.2. The third-order valence-electron chi connectivity index (χ3n) is 3.75. The predicted octanol–water partition coefficient (Wildman–Crippen LogP) is 1.17. The van der Waals surface area contributed by atoms with Gasteiger partial charge in [0.05, 0.1) is 12.7 Å². The van der Waals surface area contributed by atoms with Crippen molar-refractivity contribution < 1.29 is 13.9 Å². The molecule has 6 nitrogen and oxygen atoms in total. The molecular formula is C16H21N3O3. The summed E-state index contributed by atoms with van der Waals surface area (Å²) in [4.78, 5) is 16.2. The number of para-hydroxylation sites is 1. The Morgan fingerprint density at radius 2 is 2.36 bits per heavy atom. The number of carbonyl (C=O) groups is 1. The van der Waals surface area contributed by atoms with E-state index in [2.05, 4.69) is 15.6 Å². The summed E-state index contributed by atoms with van der Waals surface area (Å²) in [5, 5.41) is 5.99. The zero-order valence-corrected chi connectivity index (χ0v) is 12.7. The van der Waals surface area contributed by atoms with Crippen LogP contribution in [0.2, 0.25) is 0 Å². The zero-order valence-electron chi connectivity index (χ0n) is 12.7. The summed E-state index contributed by atoms with van der Waals surface area (Å²) >= 11 is 0. The Balaban J connectivity index is 1.39. The summed E-state index contributed by atoms with van der Waals surface area (Å²) in [7, 11) is 0. The molecule has 0 bridgehead atoms. The summed E-state index contributed by atoms with van der Waals surface area (Å²) < 4.78 is 11.2. The van der Waals surface area contributed by atoms with Crippen LogP contribution in [0.3, 0.4) is 0 Å². The molecule has 1 fully saturated rings. The second kappa shape index (κ2) is 6.89. The third kappa shape index (κ3) is 3.64. The number of hydrogen-bond donors (Lipinski definition) is 2. The fraction of sp³-hybridized carbons (Fsp3) is 0.500. The molecule has 0 unspecified atom stereocenters. The van der Waals surface area contributed by atoms with E-state index in [0.29, 0.717) is 31.9 Å². The second-order valence-electron chi connectivity index (χ2n) is 5.53. The van der Waals surface area contributed by atoms with Crippen molar-refractivity contribution in [2.24, 2.45) is 0 Å². The molecule has 0 spiro atoms. The van der Waals surface area contributed by atoms with Crippen molar-refractivity contribution in [2.75, 3.05) is 26.2 Å². The molecule has 1 aliphatic heterocycles. The maximum absolute atomic E-state index is 11.7. The quantitative estimate of drug-likeness (QED) is 0.803. The van der Waals surface area contributed by atoms with E-state index in [0.717, 1.165) is 29.8 Å². The Morgan fingerprint density at radius 3 is 3.09 bits per heavy atom. The minimum absolute atomic E-state index is 0.000394. The Hall–Kier alpha value is -1.92. The van der Waals surface area contributed by atoms with Crippen molar-refractivity contribution >= 4 is 17.0 Å². The van der Waals surface area contributed by atoms with Crippen molar-refractivity contribution in [1.29, 1.82) is 0 Å². The molecule has 3 rings (SSSR count). The minimum Gasteiger partial charge on any atom is -0.441 e. The van der Waals surface area contributed by atoms with Gasteiger partial charge >= 0.3 is 0 Å².